The van der Waals surface area contributed by atoms with Crippen molar-refractivity contribution in [2.75, 3.05) is 5.32 Å². The van der Waals surface area contributed by atoms with Crippen molar-refractivity contribution in [2.24, 2.45) is 0 Å². The minimum Gasteiger partial charge on any atom is -0.325 e. The third-order valence-electron chi connectivity index (χ3n) is 5.20. The molecule has 1 N–H and O–H groups in total. The van der Waals surface area contributed by atoms with E-state index in [1.165, 1.54) is 23.9 Å². The molecule has 0 bridgehead atoms. The number of rotatable bonds is 6. The molecule has 3 aromatic carbocycles. The van der Waals surface area contributed by atoms with Crippen LogP contribution in [0.4, 0.5) is 10.1 Å². The summed E-state index contributed by atoms with van der Waals surface area (Å²) in [7, 11) is 0. The lowest BCUT2D eigenvalue weighted by Crippen LogP contribution is -2.25. The number of carbonyl (C=O) groups is 1. The molecule has 1 atom stereocenters. The van der Waals surface area contributed by atoms with E-state index >= 15 is 0 Å². The van der Waals surface area contributed by atoms with Crippen molar-refractivity contribution < 1.29 is 9.18 Å². The van der Waals surface area contributed by atoms with Crippen LogP contribution in [0.25, 0.3) is 27.9 Å². The number of hydrogen-bond donors (Lipinski definition) is 1. The van der Waals surface area contributed by atoms with Crippen LogP contribution in [-0.4, -0.2) is 30.7 Å². The number of carbonyl (C=O) groups excluding carboxylic acids is 1. The van der Waals surface area contributed by atoms with E-state index in [-0.39, 0.29) is 11.7 Å². The number of nitrogens with zero attached hydrogens (tertiary/aromatic N) is 4. The highest BCUT2D eigenvalue weighted by Gasteiger charge is 2.23. The second kappa shape index (κ2) is 8.99. The zero-order chi connectivity index (χ0) is 22.8. The van der Waals surface area contributed by atoms with E-state index in [0.29, 0.717) is 28.7 Å². The first-order valence-electron chi connectivity index (χ1n) is 10.6. The Bertz CT molecular complexity index is 1440. The van der Waals surface area contributed by atoms with Gasteiger partial charge in [-0.1, -0.05) is 61.2 Å². The SMILES string of the molecule is CC[C@@H](Sc1nc2ccccc2c2nc(-c3ccccc3)nn12)C(=O)Nc1ccc(F)cc1. The first-order valence-corrected chi connectivity index (χ1v) is 11.4. The number of thioether (sulfide) groups is 1. The fourth-order valence-electron chi connectivity index (χ4n) is 3.52. The lowest BCUT2D eigenvalue weighted by molar-refractivity contribution is -0.115. The zero-order valence-electron chi connectivity index (χ0n) is 17.8. The zero-order valence-corrected chi connectivity index (χ0v) is 18.6. The van der Waals surface area contributed by atoms with Crippen molar-refractivity contribution >= 4 is 39.9 Å². The van der Waals surface area contributed by atoms with Crippen molar-refractivity contribution in [1.29, 1.82) is 0 Å². The van der Waals surface area contributed by atoms with Gasteiger partial charge in [0.25, 0.3) is 0 Å². The molecular formula is C25H20FN5OS. The predicted octanol–water partition coefficient (Wildman–Crippen LogP) is 5.59. The van der Waals surface area contributed by atoms with Crippen molar-refractivity contribution in [3.63, 3.8) is 0 Å². The van der Waals surface area contributed by atoms with Gasteiger partial charge >= 0.3 is 0 Å². The van der Waals surface area contributed by atoms with E-state index < -0.39 is 5.25 Å². The average molecular weight is 458 g/mol. The molecule has 0 aliphatic carbocycles. The van der Waals surface area contributed by atoms with Gasteiger partial charge in [-0.05, 0) is 42.8 Å². The Labute approximate surface area is 193 Å². The maximum Gasteiger partial charge on any atom is 0.237 e. The number of aromatic nitrogens is 4. The number of para-hydroxylation sites is 1. The molecule has 0 radical (unpaired) electrons. The van der Waals surface area contributed by atoms with E-state index in [1.54, 1.807) is 16.6 Å². The van der Waals surface area contributed by atoms with E-state index in [9.17, 15) is 9.18 Å². The summed E-state index contributed by atoms with van der Waals surface area (Å²) in [6.07, 6.45) is 0.577. The van der Waals surface area contributed by atoms with Gasteiger partial charge < -0.3 is 5.32 Å². The largest absolute Gasteiger partial charge is 0.325 e. The Kier molecular flexibility index (Phi) is 5.75. The Morgan fingerprint density at radius 3 is 2.48 bits per heavy atom. The molecule has 1 amide bonds. The fourth-order valence-corrected chi connectivity index (χ4v) is 4.49. The molecule has 0 aliphatic rings. The molecule has 2 heterocycles. The fraction of sp³-hybridized carbons (Fsp3) is 0.120. The van der Waals surface area contributed by atoms with Crippen LogP contribution in [0, 0.1) is 5.82 Å². The first kappa shape index (κ1) is 21.1. The molecule has 5 aromatic rings. The third kappa shape index (κ3) is 4.29. The van der Waals surface area contributed by atoms with E-state index in [2.05, 4.69) is 5.32 Å². The van der Waals surface area contributed by atoms with Crippen LogP contribution in [0.3, 0.4) is 0 Å². The molecule has 33 heavy (non-hydrogen) atoms. The molecule has 0 aliphatic heterocycles. The normalized spacial score (nSPS) is 12.2. The van der Waals surface area contributed by atoms with Crippen LogP contribution in [0.2, 0.25) is 0 Å². The predicted molar refractivity (Wildman–Crippen MR) is 129 cm³/mol. The van der Waals surface area contributed by atoms with Gasteiger partial charge in [0.05, 0.1) is 10.8 Å². The number of fused-ring (bicyclic) bond motifs is 3. The van der Waals surface area contributed by atoms with E-state index in [0.717, 1.165) is 16.5 Å². The molecule has 8 heteroatoms. The van der Waals surface area contributed by atoms with E-state index in [4.69, 9.17) is 15.1 Å². The van der Waals surface area contributed by atoms with Crippen LogP contribution >= 0.6 is 11.8 Å². The van der Waals surface area contributed by atoms with Gasteiger partial charge in [-0.2, -0.15) is 4.52 Å². The number of anilines is 1. The Morgan fingerprint density at radius 1 is 1.00 bits per heavy atom. The minimum atomic E-state index is -0.420. The maximum absolute atomic E-state index is 13.2. The molecule has 2 aromatic heterocycles. The minimum absolute atomic E-state index is 0.180. The number of nitrogens with one attached hydrogen (secondary N) is 1. The molecular weight excluding hydrogens is 437 g/mol. The van der Waals surface area contributed by atoms with Crippen LogP contribution in [0.15, 0.2) is 84.0 Å². The summed E-state index contributed by atoms with van der Waals surface area (Å²) in [5.41, 5.74) is 2.93. The van der Waals surface area contributed by atoms with Gasteiger partial charge in [-0.25, -0.2) is 14.4 Å². The van der Waals surface area contributed by atoms with Crippen LogP contribution in [-0.2, 0) is 4.79 Å². The Balaban J connectivity index is 1.53. The number of hydrogen-bond acceptors (Lipinski definition) is 5. The maximum atomic E-state index is 13.2. The van der Waals surface area contributed by atoms with Crippen LogP contribution in [0.5, 0.6) is 0 Å². The summed E-state index contributed by atoms with van der Waals surface area (Å²) in [6, 6.07) is 23.2. The van der Waals surface area contributed by atoms with Gasteiger partial charge in [0.2, 0.25) is 5.91 Å². The summed E-state index contributed by atoms with van der Waals surface area (Å²) in [4.78, 5) is 22.5. The summed E-state index contributed by atoms with van der Waals surface area (Å²) < 4.78 is 14.9. The molecule has 0 unspecified atom stereocenters. The molecule has 0 saturated carbocycles. The number of benzene rings is 3. The number of amides is 1. The van der Waals surface area contributed by atoms with Crippen molar-refractivity contribution in [1.82, 2.24) is 19.6 Å². The van der Waals surface area contributed by atoms with Crippen LogP contribution < -0.4 is 5.32 Å². The van der Waals surface area contributed by atoms with Crippen molar-refractivity contribution in [3.8, 4) is 11.4 Å². The Hall–Kier alpha value is -3.78. The highest BCUT2D eigenvalue weighted by Crippen LogP contribution is 2.30. The van der Waals surface area contributed by atoms with Crippen molar-refractivity contribution in [3.05, 3.63) is 84.7 Å². The summed E-state index contributed by atoms with van der Waals surface area (Å²) in [6.45, 7) is 1.94. The second-order valence-corrected chi connectivity index (χ2v) is 8.63. The van der Waals surface area contributed by atoms with E-state index in [1.807, 2.05) is 61.5 Å². The van der Waals surface area contributed by atoms with Gasteiger partial charge in [-0.15, -0.1) is 5.10 Å². The Morgan fingerprint density at radius 2 is 1.73 bits per heavy atom. The summed E-state index contributed by atoms with van der Waals surface area (Å²) in [5, 5.41) is 8.63. The van der Waals surface area contributed by atoms with Gasteiger partial charge in [0.1, 0.15) is 5.82 Å². The molecule has 0 spiro atoms. The standard InChI is InChI=1S/C25H20FN5OS/c1-2-21(24(32)27-18-14-12-17(26)13-15-18)33-25-28-20-11-7-6-10-19(20)23-29-22(30-31(23)25)16-8-4-3-5-9-16/h3-15,21H,2H2,1H3,(H,27,32)/t21-/m1/s1. The molecule has 5 rings (SSSR count). The topological polar surface area (TPSA) is 72.2 Å². The summed E-state index contributed by atoms with van der Waals surface area (Å²) in [5.74, 6) is 0.0672. The molecule has 164 valence electrons. The lowest BCUT2D eigenvalue weighted by atomic mass is 10.2. The molecule has 6 nitrogen and oxygen atoms in total. The second-order valence-electron chi connectivity index (χ2n) is 7.46. The third-order valence-corrected chi connectivity index (χ3v) is 6.51. The quantitative estimate of drug-likeness (QED) is 0.266. The summed E-state index contributed by atoms with van der Waals surface area (Å²) >= 11 is 1.34. The van der Waals surface area contributed by atoms with Gasteiger partial charge in [0.15, 0.2) is 16.6 Å². The lowest BCUT2D eigenvalue weighted by Gasteiger charge is -2.15. The first-order chi connectivity index (χ1) is 16.1. The van der Waals surface area contributed by atoms with Gasteiger partial charge in [0, 0.05) is 16.6 Å². The highest BCUT2D eigenvalue weighted by molar-refractivity contribution is 8.00. The van der Waals surface area contributed by atoms with Crippen molar-refractivity contribution in [2.45, 2.75) is 23.8 Å². The van der Waals surface area contributed by atoms with Gasteiger partial charge in [-0.3, -0.25) is 4.79 Å². The monoisotopic (exact) mass is 457 g/mol. The van der Waals surface area contributed by atoms with Crippen LogP contribution in [0.1, 0.15) is 13.3 Å². The molecule has 0 fully saturated rings. The molecule has 0 saturated heterocycles. The smallest absolute Gasteiger partial charge is 0.237 e. The number of halogens is 1. The highest BCUT2D eigenvalue weighted by atomic mass is 32.2. The average Bonchev–Trinajstić information content (AvgIpc) is 3.30.